The lowest BCUT2D eigenvalue weighted by molar-refractivity contribution is 1.18. The van der Waals surface area contributed by atoms with Crippen LogP contribution in [0.5, 0.6) is 0 Å². The van der Waals surface area contributed by atoms with Crippen LogP contribution in [-0.4, -0.2) is 0 Å². The minimum absolute atomic E-state index is 0.800. The molecule has 3 aromatic carbocycles. The van der Waals surface area contributed by atoms with Crippen LogP contribution in [0.2, 0.25) is 0 Å². The first-order valence-corrected chi connectivity index (χ1v) is 8.95. The summed E-state index contributed by atoms with van der Waals surface area (Å²) in [7, 11) is 0. The molecule has 0 atom stereocenters. The molecule has 0 heterocycles. The Kier molecular flexibility index (Phi) is 5.65. The van der Waals surface area contributed by atoms with Gasteiger partial charge in [0.2, 0.25) is 0 Å². The molecule has 0 unspecified atom stereocenters. The summed E-state index contributed by atoms with van der Waals surface area (Å²) >= 11 is 2.27. The van der Waals surface area contributed by atoms with Gasteiger partial charge in [-0.3, -0.25) is 0 Å². The third-order valence-electron chi connectivity index (χ3n) is 3.67. The minimum Gasteiger partial charge on any atom is -0.151 e. The molecule has 0 fully saturated rings. The maximum Gasteiger partial charge on any atom is 0.0887 e. The zero-order chi connectivity index (χ0) is 17.6. The molecule has 3 rings (SSSR count). The molecule has 0 aliphatic carbocycles. The van der Waals surface area contributed by atoms with Gasteiger partial charge in [-0.05, 0) is 96.1 Å². The van der Waals surface area contributed by atoms with Gasteiger partial charge in [0, 0.05) is 3.57 Å². The predicted molar refractivity (Wildman–Crippen MR) is 110 cm³/mol. The molecular weight excluding hydrogens is 423 g/mol. The Morgan fingerprint density at radius 2 is 1.20 bits per heavy atom. The molecule has 0 radical (unpaired) electrons. The van der Waals surface area contributed by atoms with Gasteiger partial charge in [-0.25, -0.2) is 0 Å². The number of halogens is 1. The van der Waals surface area contributed by atoms with Crippen LogP contribution in [0.15, 0.2) is 87.2 Å². The number of nitrogens with zero attached hydrogens (tertiary/aromatic N) is 4. The average molecular weight is 440 g/mol. The molecule has 0 saturated heterocycles. The number of rotatable bonds is 4. The number of hydrogen-bond acceptors (Lipinski definition) is 4. The van der Waals surface area contributed by atoms with Crippen LogP contribution in [0.3, 0.4) is 0 Å². The van der Waals surface area contributed by atoms with Crippen LogP contribution >= 0.6 is 22.6 Å². The summed E-state index contributed by atoms with van der Waals surface area (Å²) in [5, 5.41) is 17.2. The van der Waals surface area contributed by atoms with E-state index in [2.05, 4.69) is 43.0 Å². The summed E-state index contributed by atoms with van der Waals surface area (Å²) in [4.78, 5) is 0. The number of aryl methyl sites for hydroxylation is 2. The van der Waals surface area contributed by atoms with Crippen molar-refractivity contribution in [3.05, 3.63) is 81.4 Å². The van der Waals surface area contributed by atoms with Crippen molar-refractivity contribution in [2.24, 2.45) is 20.5 Å². The quantitative estimate of drug-likeness (QED) is 0.294. The maximum absolute atomic E-state index is 4.33. The van der Waals surface area contributed by atoms with Crippen molar-refractivity contribution < 1.29 is 0 Å². The maximum atomic E-state index is 4.33. The number of hydrogen-bond donors (Lipinski definition) is 0. The van der Waals surface area contributed by atoms with E-state index in [1.165, 1.54) is 3.57 Å². The Balaban J connectivity index is 1.76. The van der Waals surface area contributed by atoms with Crippen LogP contribution in [0.1, 0.15) is 11.1 Å². The van der Waals surface area contributed by atoms with Crippen LogP contribution in [0, 0.1) is 17.4 Å². The lowest BCUT2D eigenvalue weighted by Gasteiger charge is -2.01. The van der Waals surface area contributed by atoms with Gasteiger partial charge in [-0.2, -0.15) is 20.5 Å². The SMILES string of the molecule is Cc1ccccc1N=Nc1ccc(N=Nc2ccc(I)cc2)c(C)c1. The van der Waals surface area contributed by atoms with Crippen molar-refractivity contribution in [1.29, 1.82) is 0 Å². The summed E-state index contributed by atoms with van der Waals surface area (Å²) in [6, 6.07) is 21.6. The fraction of sp³-hybridized carbons (Fsp3) is 0.100. The molecule has 0 N–H and O–H groups in total. The summed E-state index contributed by atoms with van der Waals surface area (Å²) in [6.07, 6.45) is 0. The highest BCUT2D eigenvalue weighted by atomic mass is 127. The second-order valence-corrected chi connectivity index (χ2v) is 6.88. The Labute approximate surface area is 160 Å². The lowest BCUT2D eigenvalue weighted by Crippen LogP contribution is -1.75. The molecule has 5 heteroatoms. The van der Waals surface area contributed by atoms with E-state index in [1.54, 1.807) is 0 Å². The summed E-state index contributed by atoms with van der Waals surface area (Å²) < 4.78 is 1.18. The zero-order valence-electron chi connectivity index (χ0n) is 14.0. The van der Waals surface area contributed by atoms with Gasteiger partial charge in [0.15, 0.2) is 0 Å². The third-order valence-corrected chi connectivity index (χ3v) is 4.39. The summed E-state index contributed by atoms with van der Waals surface area (Å²) in [5.74, 6) is 0. The molecule has 0 aliphatic rings. The minimum atomic E-state index is 0.800. The van der Waals surface area contributed by atoms with E-state index in [-0.39, 0.29) is 0 Å². The molecule has 25 heavy (non-hydrogen) atoms. The van der Waals surface area contributed by atoms with E-state index >= 15 is 0 Å². The lowest BCUT2D eigenvalue weighted by atomic mass is 10.2. The van der Waals surface area contributed by atoms with Crippen LogP contribution in [0.4, 0.5) is 22.7 Å². The van der Waals surface area contributed by atoms with E-state index in [4.69, 9.17) is 0 Å². The normalized spacial score (nSPS) is 11.5. The van der Waals surface area contributed by atoms with Crippen molar-refractivity contribution in [3.8, 4) is 0 Å². The fourth-order valence-electron chi connectivity index (χ4n) is 2.22. The molecule has 0 spiro atoms. The van der Waals surface area contributed by atoms with Crippen LogP contribution in [-0.2, 0) is 0 Å². The number of benzene rings is 3. The van der Waals surface area contributed by atoms with Crippen molar-refractivity contribution in [3.63, 3.8) is 0 Å². The van der Waals surface area contributed by atoms with E-state index in [0.717, 1.165) is 33.9 Å². The van der Waals surface area contributed by atoms with Crippen molar-refractivity contribution in [2.45, 2.75) is 13.8 Å². The predicted octanol–water partition coefficient (Wildman–Crippen LogP) is 7.74. The molecule has 0 bridgehead atoms. The van der Waals surface area contributed by atoms with Crippen molar-refractivity contribution >= 4 is 45.3 Å². The molecule has 124 valence electrons. The first-order valence-electron chi connectivity index (χ1n) is 7.87. The standard InChI is InChI=1S/C20H17IN4/c1-14-5-3-4-6-19(14)24-23-18-11-12-20(15(2)13-18)25-22-17-9-7-16(21)8-10-17/h3-13H,1-2H3. The van der Waals surface area contributed by atoms with E-state index in [1.807, 2.05) is 80.6 Å². The zero-order valence-corrected chi connectivity index (χ0v) is 16.2. The monoisotopic (exact) mass is 440 g/mol. The molecule has 0 aromatic heterocycles. The third kappa shape index (κ3) is 4.79. The van der Waals surface area contributed by atoms with E-state index < -0.39 is 0 Å². The molecular formula is C20H17IN4. The van der Waals surface area contributed by atoms with Gasteiger partial charge in [0.25, 0.3) is 0 Å². The van der Waals surface area contributed by atoms with Crippen molar-refractivity contribution in [2.75, 3.05) is 0 Å². The highest BCUT2D eigenvalue weighted by Crippen LogP contribution is 2.28. The Bertz CT molecular complexity index is 931. The second kappa shape index (κ2) is 8.11. The fourth-order valence-corrected chi connectivity index (χ4v) is 2.58. The van der Waals surface area contributed by atoms with E-state index in [0.29, 0.717) is 0 Å². The molecule has 0 aliphatic heterocycles. The molecule has 3 aromatic rings. The Morgan fingerprint density at radius 1 is 0.600 bits per heavy atom. The summed E-state index contributed by atoms with van der Waals surface area (Å²) in [5.41, 5.74) is 5.45. The summed E-state index contributed by atoms with van der Waals surface area (Å²) in [6.45, 7) is 4.02. The van der Waals surface area contributed by atoms with Gasteiger partial charge in [-0.1, -0.05) is 18.2 Å². The van der Waals surface area contributed by atoms with Gasteiger partial charge < -0.3 is 0 Å². The largest absolute Gasteiger partial charge is 0.151 e. The Morgan fingerprint density at radius 3 is 1.88 bits per heavy atom. The van der Waals surface area contributed by atoms with Gasteiger partial charge in [-0.15, -0.1) is 0 Å². The first kappa shape index (κ1) is 17.4. The highest BCUT2D eigenvalue weighted by molar-refractivity contribution is 14.1. The smallest absolute Gasteiger partial charge is 0.0887 e. The van der Waals surface area contributed by atoms with E-state index in [9.17, 15) is 0 Å². The van der Waals surface area contributed by atoms with Crippen LogP contribution < -0.4 is 0 Å². The van der Waals surface area contributed by atoms with Gasteiger partial charge in [0.1, 0.15) is 0 Å². The average Bonchev–Trinajstić information content (AvgIpc) is 2.62. The Hall–Kier alpha value is -2.41. The first-order chi connectivity index (χ1) is 12.1. The molecule has 0 amide bonds. The number of azo groups is 2. The van der Waals surface area contributed by atoms with Crippen LogP contribution in [0.25, 0.3) is 0 Å². The van der Waals surface area contributed by atoms with Gasteiger partial charge >= 0.3 is 0 Å². The molecule has 0 saturated carbocycles. The van der Waals surface area contributed by atoms with Gasteiger partial charge in [0.05, 0.1) is 22.7 Å². The molecule has 4 nitrogen and oxygen atoms in total. The topological polar surface area (TPSA) is 49.4 Å². The second-order valence-electron chi connectivity index (χ2n) is 5.63. The van der Waals surface area contributed by atoms with Crippen molar-refractivity contribution in [1.82, 2.24) is 0 Å². The highest BCUT2D eigenvalue weighted by Gasteiger charge is 2.00.